The molecule has 2 aromatic carbocycles. The van der Waals surface area contributed by atoms with Crippen LogP contribution in [0.1, 0.15) is 25.5 Å². The van der Waals surface area contributed by atoms with Gasteiger partial charge in [0.2, 0.25) is 0 Å². The Hall–Kier alpha value is -3.33. The molecule has 0 bridgehead atoms. The van der Waals surface area contributed by atoms with Gasteiger partial charge in [-0.25, -0.2) is 18.0 Å². The van der Waals surface area contributed by atoms with Gasteiger partial charge in [-0.05, 0) is 43.7 Å². The van der Waals surface area contributed by atoms with Crippen molar-refractivity contribution in [3.8, 4) is 5.75 Å². The number of carbonyl (C=O) groups excluding carboxylic acids is 2. The molecule has 31 heavy (non-hydrogen) atoms. The Morgan fingerprint density at radius 3 is 2.29 bits per heavy atom. The first kappa shape index (κ1) is 22.4. The topological polar surface area (TPSA) is 111 Å². The molecule has 1 atom stereocenters. The van der Waals surface area contributed by atoms with Gasteiger partial charge in [0.25, 0.3) is 0 Å². The van der Waals surface area contributed by atoms with Crippen molar-refractivity contribution in [3.05, 3.63) is 71.4 Å². The number of hydrogen-bond acceptors (Lipinski definition) is 6. The minimum Gasteiger partial charge on any atom is -0.494 e. The number of benzene rings is 2. The molecule has 0 spiro atoms. The molecule has 0 radical (unpaired) electrons. The van der Waals surface area contributed by atoms with Gasteiger partial charge in [0.15, 0.2) is 9.84 Å². The van der Waals surface area contributed by atoms with Crippen molar-refractivity contribution >= 4 is 21.8 Å². The van der Waals surface area contributed by atoms with Crippen LogP contribution in [-0.4, -0.2) is 39.4 Å². The average Bonchev–Trinajstić information content (AvgIpc) is 2.74. The van der Waals surface area contributed by atoms with E-state index in [-0.39, 0.29) is 22.8 Å². The first-order valence-corrected chi connectivity index (χ1v) is 11.5. The van der Waals surface area contributed by atoms with Crippen molar-refractivity contribution in [3.63, 3.8) is 0 Å². The van der Waals surface area contributed by atoms with Crippen LogP contribution in [0.4, 0.5) is 4.79 Å². The van der Waals surface area contributed by atoms with E-state index in [9.17, 15) is 18.0 Å². The fourth-order valence-electron chi connectivity index (χ4n) is 3.26. The monoisotopic (exact) mass is 444 g/mol. The van der Waals surface area contributed by atoms with Crippen molar-refractivity contribution in [2.24, 2.45) is 0 Å². The number of sulfone groups is 1. The zero-order chi connectivity index (χ0) is 22.4. The van der Waals surface area contributed by atoms with E-state index < -0.39 is 33.6 Å². The van der Waals surface area contributed by atoms with Gasteiger partial charge < -0.3 is 20.1 Å². The number of esters is 1. The van der Waals surface area contributed by atoms with E-state index in [1.807, 2.05) is 6.92 Å². The first-order chi connectivity index (χ1) is 14.9. The number of amides is 2. The Labute approximate surface area is 181 Å². The van der Waals surface area contributed by atoms with Crippen molar-refractivity contribution in [2.75, 3.05) is 19.0 Å². The molecule has 2 amide bonds. The Morgan fingerprint density at radius 2 is 1.68 bits per heavy atom. The number of nitrogens with one attached hydrogen (secondary N) is 2. The number of carbonyl (C=O) groups is 2. The second-order valence-corrected chi connectivity index (χ2v) is 8.71. The van der Waals surface area contributed by atoms with Crippen LogP contribution in [-0.2, 0) is 19.4 Å². The van der Waals surface area contributed by atoms with Gasteiger partial charge in [-0.1, -0.05) is 30.3 Å². The highest BCUT2D eigenvalue weighted by molar-refractivity contribution is 7.91. The molecule has 0 aromatic heterocycles. The van der Waals surface area contributed by atoms with Crippen molar-refractivity contribution in [2.45, 2.75) is 24.8 Å². The van der Waals surface area contributed by atoms with E-state index in [0.717, 1.165) is 0 Å². The SMILES string of the molecule is CCOC(=O)C1=C(CS(=O)(=O)c2ccccc2)NC(=O)NC1c1ccc(OCC)cc1. The van der Waals surface area contributed by atoms with Crippen molar-refractivity contribution in [1.82, 2.24) is 10.6 Å². The summed E-state index contributed by atoms with van der Waals surface area (Å²) in [6.07, 6.45) is 0. The molecule has 1 unspecified atom stereocenters. The van der Waals surface area contributed by atoms with Crippen LogP contribution in [0.25, 0.3) is 0 Å². The molecular weight excluding hydrogens is 420 g/mol. The molecule has 1 heterocycles. The molecule has 0 fully saturated rings. The summed E-state index contributed by atoms with van der Waals surface area (Å²) in [5, 5.41) is 5.17. The number of urea groups is 1. The fourth-order valence-corrected chi connectivity index (χ4v) is 4.60. The third-order valence-electron chi connectivity index (χ3n) is 4.61. The predicted octanol–water partition coefficient (Wildman–Crippen LogP) is 2.73. The normalized spacial score (nSPS) is 16.3. The molecule has 9 heteroatoms. The van der Waals surface area contributed by atoms with Gasteiger partial charge >= 0.3 is 12.0 Å². The number of rotatable bonds is 8. The van der Waals surface area contributed by atoms with E-state index in [2.05, 4.69) is 10.6 Å². The van der Waals surface area contributed by atoms with Gasteiger partial charge in [0.1, 0.15) is 5.75 Å². The molecule has 1 aliphatic rings. The summed E-state index contributed by atoms with van der Waals surface area (Å²) in [7, 11) is -3.81. The molecule has 0 saturated carbocycles. The Bertz CT molecular complexity index is 1080. The highest BCUT2D eigenvalue weighted by Crippen LogP contribution is 2.30. The lowest BCUT2D eigenvalue weighted by Gasteiger charge is -2.29. The minimum atomic E-state index is -3.81. The largest absolute Gasteiger partial charge is 0.494 e. The third-order valence-corrected chi connectivity index (χ3v) is 6.27. The van der Waals surface area contributed by atoms with E-state index >= 15 is 0 Å². The summed E-state index contributed by atoms with van der Waals surface area (Å²) in [5.74, 6) is -0.612. The lowest BCUT2D eigenvalue weighted by atomic mass is 9.95. The Balaban J connectivity index is 2.05. The second kappa shape index (κ2) is 9.65. The average molecular weight is 445 g/mol. The molecule has 8 nitrogen and oxygen atoms in total. The Kier molecular flexibility index (Phi) is 6.96. The highest BCUT2D eigenvalue weighted by atomic mass is 32.2. The lowest BCUT2D eigenvalue weighted by Crippen LogP contribution is -2.47. The predicted molar refractivity (Wildman–Crippen MR) is 114 cm³/mol. The number of ether oxygens (including phenoxy) is 2. The summed E-state index contributed by atoms with van der Waals surface area (Å²) in [4.78, 5) is 25.2. The summed E-state index contributed by atoms with van der Waals surface area (Å²) < 4.78 is 36.4. The molecule has 2 aromatic rings. The first-order valence-electron chi connectivity index (χ1n) is 9.84. The third kappa shape index (κ3) is 5.24. The van der Waals surface area contributed by atoms with E-state index in [4.69, 9.17) is 9.47 Å². The summed E-state index contributed by atoms with van der Waals surface area (Å²) >= 11 is 0. The van der Waals surface area contributed by atoms with Crippen LogP contribution in [0.5, 0.6) is 5.75 Å². The summed E-state index contributed by atoms with van der Waals surface area (Å²) in [6, 6.07) is 13.2. The maximum Gasteiger partial charge on any atom is 0.338 e. The van der Waals surface area contributed by atoms with Gasteiger partial charge in [-0.3, -0.25) is 0 Å². The molecule has 164 valence electrons. The summed E-state index contributed by atoms with van der Waals surface area (Å²) in [6.45, 7) is 4.12. The molecule has 3 rings (SSSR count). The zero-order valence-electron chi connectivity index (χ0n) is 17.3. The second-order valence-electron chi connectivity index (χ2n) is 6.72. The van der Waals surface area contributed by atoms with Crippen LogP contribution in [0.2, 0.25) is 0 Å². The van der Waals surface area contributed by atoms with E-state index in [0.29, 0.717) is 17.9 Å². The van der Waals surface area contributed by atoms with Crippen molar-refractivity contribution < 1.29 is 27.5 Å². The smallest absolute Gasteiger partial charge is 0.338 e. The molecule has 0 saturated heterocycles. The van der Waals surface area contributed by atoms with Crippen LogP contribution >= 0.6 is 0 Å². The molecular formula is C22H24N2O6S. The van der Waals surface area contributed by atoms with Crippen LogP contribution < -0.4 is 15.4 Å². The molecule has 2 N–H and O–H groups in total. The molecule has 0 aliphatic carbocycles. The minimum absolute atomic E-state index is 0.00932. The van der Waals surface area contributed by atoms with Gasteiger partial charge in [-0.2, -0.15) is 0 Å². The quantitative estimate of drug-likeness (QED) is 0.606. The lowest BCUT2D eigenvalue weighted by molar-refractivity contribution is -0.139. The van der Waals surface area contributed by atoms with Crippen LogP contribution in [0, 0.1) is 0 Å². The summed E-state index contributed by atoms with van der Waals surface area (Å²) in [5.41, 5.74) is 0.631. The standard InChI is InChI=1S/C22H24N2O6S/c1-3-29-16-12-10-15(11-13-16)20-19(21(25)30-4-2)18(23-22(26)24-20)14-31(27,28)17-8-6-5-7-9-17/h5-13,20H,3-4,14H2,1-2H3,(H2,23,24,26). The maximum absolute atomic E-state index is 12.9. The zero-order valence-corrected chi connectivity index (χ0v) is 18.1. The van der Waals surface area contributed by atoms with Crippen molar-refractivity contribution in [1.29, 1.82) is 0 Å². The maximum atomic E-state index is 12.9. The fraction of sp³-hybridized carbons (Fsp3) is 0.273. The van der Waals surface area contributed by atoms with Gasteiger partial charge in [0, 0.05) is 5.70 Å². The van der Waals surface area contributed by atoms with Gasteiger partial charge in [-0.15, -0.1) is 0 Å². The molecule has 1 aliphatic heterocycles. The van der Waals surface area contributed by atoms with Crippen LogP contribution in [0.3, 0.4) is 0 Å². The highest BCUT2D eigenvalue weighted by Gasteiger charge is 2.35. The Morgan fingerprint density at radius 1 is 1.00 bits per heavy atom. The van der Waals surface area contributed by atoms with E-state index in [1.54, 1.807) is 49.4 Å². The number of hydrogen-bond donors (Lipinski definition) is 2. The van der Waals surface area contributed by atoms with E-state index in [1.165, 1.54) is 12.1 Å². The van der Waals surface area contributed by atoms with Crippen LogP contribution in [0.15, 0.2) is 70.8 Å². The van der Waals surface area contributed by atoms with Gasteiger partial charge in [0.05, 0.1) is 35.5 Å².